The van der Waals surface area contributed by atoms with E-state index >= 15 is 0 Å². The first kappa shape index (κ1) is 9.51. The summed E-state index contributed by atoms with van der Waals surface area (Å²) < 4.78 is 0. The van der Waals surface area contributed by atoms with Crippen LogP contribution in [0.4, 0.5) is 0 Å². The van der Waals surface area contributed by atoms with Crippen LogP contribution in [0.2, 0.25) is 0 Å². The first-order valence-corrected chi connectivity index (χ1v) is 5.72. The molecule has 2 rings (SSSR count). The van der Waals surface area contributed by atoms with Crippen molar-refractivity contribution in [3.63, 3.8) is 0 Å². The van der Waals surface area contributed by atoms with E-state index in [0.29, 0.717) is 11.3 Å². The van der Waals surface area contributed by atoms with Crippen LogP contribution in [0.15, 0.2) is 0 Å². The van der Waals surface area contributed by atoms with Crippen molar-refractivity contribution in [2.75, 3.05) is 0 Å². The van der Waals surface area contributed by atoms with Gasteiger partial charge in [-0.2, -0.15) is 0 Å². The molecule has 13 heavy (non-hydrogen) atoms. The monoisotopic (exact) mass is 182 g/mol. The molecular formula is C12H22O. The average Bonchev–Trinajstić information content (AvgIpc) is 2.76. The number of hydrogen-bond donors (Lipinski definition) is 1. The Labute approximate surface area is 81.5 Å². The molecule has 5 atom stereocenters. The summed E-state index contributed by atoms with van der Waals surface area (Å²) in [5.41, 5.74) is 0.442. The third kappa shape index (κ3) is 1.52. The van der Waals surface area contributed by atoms with E-state index in [1.54, 1.807) is 0 Å². The van der Waals surface area contributed by atoms with Gasteiger partial charge in [0.05, 0.1) is 6.10 Å². The van der Waals surface area contributed by atoms with Crippen LogP contribution in [-0.4, -0.2) is 11.2 Å². The molecule has 0 aromatic heterocycles. The number of hydrogen-bond acceptors (Lipinski definition) is 1. The molecule has 0 saturated heterocycles. The summed E-state index contributed by atoms with van der Waals surface area (Å²) in [6, 6.07) is 0. The predicted molar refractivity (Wildman–Crippen MR) is 54.4 cm³/mol. The molecule has 0 bridgehead atoms. The van der Waals surface area contributed by atoms with Crippen LogP contribution in [0.3, 0.4) is 0 Å². The third-order valence-corrected chi connectivity index (χ3v) is 4.61. The van der Waals surface area contributed by atoms with Crippen LogP contribution in [0, 0.1) is 23.2 Å². The summed E-state index contributed by atoms with van der Waals surface area (Å²) in [5, 5.41) is 9.55. The molecule has 0 heterocycles. The smallest absolute Gasteiger partial charge is 0.0578 e. The second kappa shape index (κ2) is 2.98. The van der Waals surface area contributed by atoms with Crippen molar-refractivity contribution in [2.45, 2.75) is 52.6 Å². The molecule has 3 unspecified atom stereocenters. The zero-order valence-corrected chi connectivity index (χ0v) is 9.09. The Balaban J connectivity index is 2.09. The highest BCUT2D eigenvalue weighted by molar-refractivity contribution is 5.02. The number of aliphatic hydroxyl groups is 1. The number of rotatable bonds is 1. The topological polar surface area (TPSA) is 20.2 Å². The fourth-order valence-corrected chi connectivity index (χ4v) is 3.33. The molecular weight excluding hydrogens is 160 g/mol. The van der Waals surface area contributed by atoms with Gasteiger partial charge in [-0.15, -0.1) is 0 Å². The summed E-state index contributed by atoms with van der Waals surface area (Å²) in [6.45, 7) is 7.13. The van der Waals surface area contributed by atoms with Crippen LogP contribution in [-0.2, 0) is 0 Å². The second-order valence-electron chi connectivity index (χ2n) is 5.70. The lowest BCUT2D eigenvalue weighted by Gasteiger charge is -2.43. The Morgan fingerprint density at radius 3 is 2.38 bits per heavy atom. The molecule has 0 aliphatic heterocycles. The minimum Gasteiger partial charge on any atom is -0.393 e. The summed E-state index contributed by atoms with van der Waals surface area (Å²) in [4.78, 5) is 0. The first-order chi connectivity index (χ1) is 6.04. The highest BCUT2D eigenvalue weighted by Crippen LogP contribution is 2.56. The van der Waals surface area contributed by atoms with Gasteiger partial charge in [0.25, 0.3) is 0 Å². The summed E-state index contributed by atoms with van der Waals surface area (Å²) in [7, 11) is 0. The molecule has 2 aliphatic rings. The molecule has 2 saturated carbocycles. The maximum absolute atomic E-state index is 9.55. The fraction of sp³-hybridized carbons (Fsp3) is 1.00. The standard InChI is InChI=1S/C12H22O/c1-8-4-5-9(2)12(3,7-8)10-6-11(10)13/h8-11,13H,4-7H2,1-3H3/t8?,9?,10-,11+,12?/m0/s1. The van der Waals surface area contributed by atoms with E-state index in [4.69, 9.17) is 0 Å². The van der Waals surface area contributed by atoms with E-state index in [9.17, 15) is 5.11 Å². The number of aliphatic hydroxyl groups excluding tert-OH is 1. The van der Waals surface area contributed by atoms with Gasteiger partial charge < -0.3 is 5.11 Å². The Morgan fingerprint density at radius 2 is 1.85 bits per heavy atom. The summed E-state index contributed by atoms with van der Waals surface area (Å²) >= 11 is 0. The van der Waals surface area contributed by atoms with E-state index in [0.717, 1.165) is 18.3 Å². The average molecular weight is 182 g/mol. The lowest BCUT2D eigenvalue weighted by Crippen LogP contribution is -2.35. The van der Waals surface area contributed by atoms with Crippen molar-refractivity contribution in [3.8, 4) is 0 Å². The quantitative estimate of drug-likeness (QED) is 0.661. The molecule has 0 radical (unpaired) electrons. The second-order valence-corrected chi connectivity index (χ2v) is 5.70. The van der Waals surface area contributed by atoms with E-state index in [-0.39, 0.29) is 6.10 Å². The first-order valence-electron chi connectivity index (χ1n) is 5.72. The summed E-state index contributed by atoms with van der Waals surface area (Å²) in [6.07, 6.45) is 5.17. The van der Waals surface area contributed by atoms with Gasteiger partial charge >= 0.3 is 0 Å². The van der Waals surface area contributed by atoms with Gasteiger partial charge in [-0.3, -0.25) is 0 Å². The van der Waals surface area contributed by atoms with E-state index in [2.05, 4.69) is 20.8 Å². The molecule has 1 N–H and O–H groups in total. The van der Waals surface area contributed by atoms with Gasteiger partial charge in [-0.25, -0.2) is 0 Å². The molecule has 0 aromatic rings. The van der Waals surface area contributed by atoms with Crippen molar-refractivity contribution in [1.82, 2.24) is 0 Å². The molecule has 0 amide bonds. The van der Waals surface area contributed by atoms with Gasteiger partial charge in [-0.1, -0.05) is 27.2 Å². The Hall–Kier alpha value is -0.0400. The van der Waals surface area contributed by atoms with Gasteiger partial charge in [0, 0.05) is 0 Å². The highest BCUT2D eigenvalue weighted by atomic mass is 16.3. The Bertz CT molecular complexity index is 197. The highest BCUT2D eigenvalue weighted by Gasteiger charge is 2.53. The summed E-state index contributed by atoms with van der Waals surface area (Å²) in [5.74, 6) is 2.30. The normalized spacial score (nSPS) is 56.3. The lowest BCUT2D eigenvalue weighted by molar-refractivity contribution is 0.0508. The van der Waals surface area contributed by atoms with Crippen molar-refractivity contribution in [1.29, 1.82) is 0 Å². The molecule has 2 aliphatic carbocycles. The Kier molecular flexibility index (Phi) is 2.18. The molecule has 2 fully saturated rings. The van der Waals surface area contributed by atoms with Crippen LogP contribution < -0.4 is 0 Å². The maximum atomic E-state index is 9.55. The van der Waals surface area contributed by atoms with E-state index < -0.39 is 0 Å². The van der Waals surface area contributed by atoms with Crippen LogP contribution in [0.5, 0.6) is 0 Å². The molecule has 76 valence electrons. The predicted octanol–water partition coefficient (Wildman–Crippen LogP) is 2.83. The minimum atomic E-state index is 0.0257. The largest absolute Gasteiger partial charge is 0.393 e. The van der Waals surface area contributed by atoms with E-state index in [1.165, 1.54) is 19.3 Å². The van der Waals surface area contributed by atoms with Crippen molar-refractivity contribution < 1.29 is 5.11 Å². The zero-order valence-electron chi connectivity index (χ0n) is 9.09. The van der Waals surface area contributed by atoms with Gasteiger partial charge in [0.15, 0.2) is 0 Å². The molecule has 0 aromatic carbocycles. The Morgan fingerprint density at radius 1 is 1.23 bits per heavy atom. The van der Waals surface area contributed by atoms with Crippen LogP contribution in [0.1, 0.15) is 46.5 Å². The van der Waals surface area contributed by atoms with Crippen molar-refractivity contribution in [3.05, 3.63) is 0 Å². The lowest BCUT2D eigenvalue weighted by atomic mass is 9.62. The van der Waals surface area contributed by atoms with Gasteiger partial charge in [0.1, 0.15) is 0 Å². The third-order valence-electron chi connectivity index (χ3n) is 4.61. The van der Waals surface area contributed by atoms with Crippen molar-refractivity contribution in [2.24, 2.45) is 23.2 Å². The van der Waals surface area contributed by atoms with Crippen LogP contribution >= 0.6 is 0 Å². The SMILES string of the molecule is CC1CCC(C)C(C)([C@H]2C[C@H]2O)C1. The van der Waals surface area contributed by atoms with E-state index in [1.807, 2.05) is 0 Å². The minimum absolute atomic E-state index is 0.0257. The van der Waals surface area contributed by atoms with Crippen LogP contribution in [0.25, 0.3) is 0 Å². The maximum Gasteiger partial charge on any atom is 0.0578 e. The zero-order chi connectivity index (χ0) is 9.64. The molecule has 0 spiro atoms. The van der Waals surface area contributed by atoms with Gasteiger partial charge in [0.2, 0.25) is 0 Å². The van der Waals surface area contributed by atoms with Gasteiger partial charge in [-0.05, 0) is 42.4 Å². The fourth-order valence-electron chi connectivity index (χ4n) is 3.33. The molecule has 1 heteroatoms. The van der Waals surface area contributed by atoms with Crippen molar-refractivity contribution >= 4 is 0 Å². The molecule has 1 nitrogen and oxygen atoms in total.